The fraction of sp³-hybridized carbons (Fsp3) is 0.400. The summed E-state index contributed by atoms with van der Waals surface area (Å²) >= 11 is 3.37. The summed E-state index contributed by atoms with van der Waals surface area (Å²) < 4.78 is 0.835. The predicted octanol–water partition coefficient (Wildman–Crippen LogP) is 1.81. The van der Waals surface area contributed by atoms with Gasteiger partial charge in [0.2, 0.25) is 0 Å². The van der Waals surface area contributed by atoms with Crippen molar-refractivity contribution in [3.63, 3.8) is 0 Å². The number of aryl methyl sites for hydroxylation is 1. The van der Waals surface area contributed by atoms with Crippen molar-refractivity contribution in [3.05, 3.63) is 27.7 Å². The Labute approximate surface area is 92.2 Å². The summed E-state index contributed by atoms with van der Waals surface area (Å²) in [6.45, 7) is 2.36. The highest BCUT2D eigenvalue weighted by Gasteiger charge is 2.15. The van der Waals surface area contributed by atoms with Crippen LogP contribution in [-0.2, 0) is 0 Å². The van der Waals surface area contributed by atoms with Crippen LogP contribution in [0.2, 0.25) is 0 Å². The molecule has 1 rings (SSSR count). The summed E-state index contributed by atoms with van der Waals surface area (Å²) in [7, 11) is 0. The molecule has 0 bridgehead atoms. The molecule has 0 radical (unpaired) electrons. The van der Waals surface area contributed by atoms with E-state index >= 15 is 0 Å². The highest BCUT2D eigenvalue weighted by Crippen LogP contribution is 2.34. The number of phenolic OH excluding ortho intramolecular Hbond substituents is 1. The lowest BCUT2D eigenvalue weighted by Gasteiger charge is -2.15. The average Bonchev–Trinajstić information content (AvgIpc) is 2.13. The normalized spacial score (nSPS) is 12.9. The molecule has 0 aliphatic rings. The monoisotopic (exact) mass is 258 g/mol. The van der Waals surface area contributed by atoms with Crippen molar-refractivity contribution in [3.8, 4) is 5.75 Å². The maximum Gasteiger partial charge on any atom is 0.124 e. The summed E-state index contributed by atoms with van der Waals surface area (Å²) in [6.07, 6.45) is 0.662. The summed E-state index contributed by atoms with van der Waals surface area (Å²) in [4.78, 5) is 0. The van der Waals surface area contributed by atoms with Crippen LogP contribution in [0.1, 0.15) is 23.6 Å². The van der Waals surface area contributed by atoms with E-state index in [-0.39, 0.29) is 11.8 Å². The van der Waals surface area contributed by atoms with Gasteiger partial charge < -0.3 is 16.6 Å². The zero-order valence-corrected chi connectivity index (χ0v) is 9.71. The Hall–Kier alpha value is -0.580. The summed E-state index contributed by atoms with van der Waals surface area (Å²) in [5.41, 5.74) is 12.9. The minimum Gasteiger partial charge on any atom is -0.507 e. The summed E-state index contributed by atoms with van der Waals surface area (Å²) in [5.74, 6) is 0.264. The number of hydrogen-bond acceptors (Lipinski definition) is 3. The lowest BCUT2D eigenvalue weighted by molar-refractivity contribution is 0.454. The Kier molecular flexibility index (Phi) is 3.92. The second-order valence-corrected chi connectivity index (χ2v) is 4.16. The van der Waals surface area contributed by atoms with Crippen LogP contribution in [0.15, 0.2) is 16.6 Å². The second-order valence-electron chi connectivity index (χ2n) is 3.31. The number of halogens is 1. The van der Waals surface area contributed by atoms with Gasteiger partial charge in [-0.2, -0.15) is 0 Å². The Balaban J connectivity index is 3.11. The molecule has 1 aromatic rings. The molecule has 1 aromatic carbocycles. The molecule has 0 amide bonds. The highest BCUT2D eigenvalue weighted by atomic mass is 79.9. The van der Waals surface area contributed by atoms with E-state index in [0.29, 0.717) is 13.0 Å². The van der Waals surface area contributed by atoms with Crippen molar-refractivity contribution in [2.24, 2.45) is 11.5 Å². The quantitative estimate of drug-likeness (QED) is 0.775. The third-order valence-corrected chi connectivity index (χ3v) is 2.91. The lowest BCUT2D eigenvalue weighted by atomic mass is 10.0. The van der Waals surface area contributed by atoms with Gasteiger partial charge >= 0.3 is 0 Å². The van der Waals surface area contributed by atoms with E-state index < -0.39 is 0 Å². The van der Waals surface area contributed by atoms with Crippen molar-refractivity contribution in [1.82, 2.24) is 0 Å². The molecule has 5 N–H and O–H groups in total. The molecule has 0 heterocycles. The molecule has 0 saturated carbocycles. The molecule has 0 spiro atoms. The Morgan fingerprint density at radius 1 is 1.50 bits per heavy atom. The van der Waals surface area contributed by atoms with E-state index in [1.807, 2.05) is 19.1 Å². The first-order valence-corrected chi connectivity index (χ1v) is 5.30. The Bertz CT molecular complexity index is 328. The zero-order valence-electron chi connectivity index (χ0n) is 8.13. The van der Waals surface area contributed by atoms with Crippen LogP contribution >= 0.6 is 15.9 Å². The average molecular weight is 259 g/mol. The first-order chi connectivity index (χ1) is 6.57. The van der Waals surface area contributed by atoms with Crippen LogP contribution in [0, 0.1) is 6.92 Å². The molecule has 1 atom stereocenters. The zero-order chi connectivity index (χ0) is 10.7. The van der Waals surface area contributed by atoms with Crippen molar-refractivity contribution in [2.75, 3.05) is 6.54 Å². The van der Waals surface area contributed by atoms with Gasteiger partial charge in [-0.25, -0.2) is 0 Å². The number of phenols is 1. The molecular formula is C10H15BrN2O. The molecule has 0 unspecified atom stereocenters. The van der Waals surface area contributed by atoms with E-state index in [2.05, 4.69) is 15.9 Å². The van der Waals surface area contributed by atoms with Crippen LogP contribution < -0.4 is 11.5 Å². The van der Waals surface area contributed by atoms with Gasteiger partial charge in [0, 0.05) is 16.1 Å². The maximum absolute atomic E-state index is 9.82. The molecular weight excluding hydrogens is 244 g/mol. The van der Waals surface area contributed by atoms with Crippen LogP contribution in [0.25, 0.3) is 0 Å². The standard InChI is InChI=1S/C10H15BrN2O/c1-6-2-3-7(11)9(10(6)14)8(13)4-5-12/h2-3,8,14H,4-5,12-13H2,1H3/t8-/m1/s1. The number of hydrogen-bond donors (Lipinski definition) is 3. The fourth-order valence-corrected chi connectivity index (χ4v) is 1.98. The molecule has 3 nitrogen and oxygen atoms in total. The molecule has 4 heteroatoms. The summed E-state index contributed by atoms with van der Waals surface area (Å²) in [5, 5.41) is 9.82. The van der Waals surface area contributed by atoms with Crippen molar-refractivity contribution in [1.29, 1.82) is 0 Å². The van der Waals surface area contributed by atoms with Crippen LogP contribution in [0.3, 0.4) is 0 Å². The van der Waals surface area contributed by atoms with Crippen molar-refractivity contribution >= 4 is 15.9 Å². The van der Waals surface area contributed by atoms with Crippen molar-refractivity contribution in [2.45, 2.75) is 19.4 Å². The van der Waals surface area contributed by atoms with Gasteiger partial charge in [-0.15, -0.1) is 0 Å². The van der Waals surface area contributed by atoms with Gasteiger partial charge in [-0.1, -0.05) is 22.0 Å². The lowest BCUT2D eigenvalue weighted by Crippen LogP contribution is -2.16. The van der Waals surface area contributed by atoms with Gasteiger partial charge in [-0.05, 0) is 31.5 Å². The molecule has 0 fully saturated rings. The van der Waals surface area contributed by atoms with E-state index in [0.717, 1.165) is 15.6 Å². The number of rotatable bonds is 3. The van der Waals surface area contributed by atoms with Crippen molar-refractivity contribution < 1.29 is 5.11 Å². The second kappa shape index (κ2) is 4.77. The SMILES string of the molecule is Cc1ccc(Br)c([C@H](N)CCN)c1O. The molecule has 78 valence electrons. The first kappa shape index (κ1) is 11.5. The van der Waals surface area contributed by atoms with Crippen LogP contribution in [0.4, 0.5) is 0 Å². The fourth-order valence-electron chi connectivity index (χ4n) is 1.37. The third kappa shape index (κ3) is 2.26. The van der Waals surface area contributed by atoms with E-state index in [1.54, 1.807) is 0 Å². The van der Waals surface area contributed by atoms with Gasteiger partial charge in [0.25, 0.3) is 0 Å². The Morgan fingerprint density at radius 2 is 2.14 bits per heavy atom. The highest BCUT2D eigenvalue weighted by molar-refractivity contribution is 9.10. The summed E-state index contributed by atoms with van der Waals surface area (Å²) in [6, 6.07) is 3.52. The minimum atomic E-state index is -0.214. The molecule has 0 aliphatic carbocycles. The van der Waals surface area contributed by atoms with E-state index in [4.69, 9.17) is 11.5 Å². The third-order valence-electron chi connectivity index (χ3n) is 2.21. The molecule has 14 heavy (non-hydrogen) atoms. The number of benzene rings is 1. The van der Waals surface area contributed by atoms with Crippen LogP contribution in [0.5, 0.6) is 5.75 Å². The number of aromatic hydroxyl groups is 1. The smallest absolute Gasteiger partial charge is 0.124 e. The van der Waals surface area contributed by atoms with Gasteiger partial charge in [0.05, 0.1) is 0 Å². The largest absolute Gasteiger partial charge is 0.507 e. The van der Waals surface area contributed by atoms with Gasteiger partial charge in [-0.3, -0.25) is 0 Å². The van der Waals surface area contributed by atoms with Gasteiger partial charge in [0.1, 0.15) is 5.75 Å². The van der Waals surface area contributed by atoms with Gasteiger partial charge in [0.15, 0.2) is 0 Å². The minimum absolute atomic E-state index is 0.214. The first-order valence-electron chi connectivity index (χ1n) is 4.51. The topological polar surface area (TPSA) is 72.3 Å². The molecule has 0 aromatic heterocycles. The Morgan fingerprint density at radius 3 is 2.71 bits per heavy atom. The van der Waals surface area contributed by atoms with E-state index in [9.17, 15) is 5.11 Å². The van der Waals surface area contributed by atoms with Crippen LogP contribution in [-0.4, -0.2) is 11.7 Å². The predicted molar refractivity (Wildman–Crippen MR) is 61.1 cm³/mol. The maximum atomic E-state index is 9.82. The molecule has 0 aliphatic heterocycles. The van der Waals surface area contributed by atoms with E-state index in [1.165, 1.54) is 0 Å². The number of nitrogens with two attached hydrogens (primary N) is 2. The molecule has 0 saturated heterocycles.